The summed E-state index contributed by atoms with van der Waals surface area (Å²) < 4.78 is 15.7. The summed E-state index contributed by atoms with van der Waals surface area (Å²) in [6, 6.07) is 3.13. The van der Waals surface area contributed by atoms with E-state index in [2.05, 4.69) is 10.6 Å². The van der Waals surface area contributed by atoms with Crippen molar-refractivity contribution in [3.8, 4) is 5.75 Å². The minimum Gasteiger partial charge on any atom is -0.494 e. The molecule has 0 radical (unpaired) electrons. The SMILES string of the molecule is CCOC(=O)c1cc(NC[C@@H]2CCO2)c(NC(=O)CCl)c(OC)c1. The average molecular weight is 357 g/mol. The van der Waals surface area contributed by atoms with E-state index in [1.54, 1.807) is 13.0 Å². The first kappa shape index (κ1) is 18.4. The Bertz CT molecular complexity index is 604. The zero-order valence-electron chi connectivity index (χ0n) is 13.7. The van der Waals surface area contributed by atoms with E-state index in [0.717, 1.165) is 13.0 Å². The van der Waals surface area contributed by atoms with Crippen LogP contribution >= 0.6 is 11.6 Å². The van der Waals surface area contributed by atoms with Gasteiger partial charge in [-0.2, -0.15) is 0 Å². The second kappa shape index (κ2) is 8.75. The van der Waals surface area contributed by atoms with Crippen LogP contribution in [0.25, 0.3) is 0 Å². The highest BCUT2D eigenvalue weighted by molar-refractivity contribution is 6.29. The van der Waals surface area contributed by atoms with Gasteiger partial charge in [-0.3, -0.25) is 4.79 Å². The number of rotatable bonds is 8. The van der Waals surface area contributed by atoms with Gasteiger partial charge in [0.1, 0.15) is 17.3 Å². The molecule has 0 bridgehead atoms. The summed E-state index contributed by atoms with van der Waals surface area (Å²) in [4.78, 5) is 23.7. The molecule has 1 amide bonds. The van der Waals surface area contributed by atoms with Gasteiger partial charge in [-0.1, -0.05) is 0 Å². The van der Waals surface area contributed by atoms with Crippen molar-refractivity contribution in [3.63, 3.8) is 0 Å². The van der Waals surface area contributed by atoms with Gasteiger partial charge in [-0.25, -0.2) is 4.79 Å². The Morgan fingerprint density at radius 2 is 2.17 bits per heavy atom. The van der Waals surface area contributed by atoms with Gasteiger partial charge >= 0.3 is 5.97 Å². The molecule has 8 heteroatoms. The molecule has 0 spiro atoms. The Balaban J connectivity index is 2.32. The summed E-state index contributed by atoms with van der Waals surface area (Å²) in [6.45, 7) is 3.30. The number of benzene rings is 1. The third-order valence-corrected chi connectivity index (χ3v) is 3.78. The van der Waals surface area contributed by atoms with Gasteiger partial charge < -0.3 is 24.8 Å². The van der Waals surface area contributed by atoms with Gasteiger partial charge in [0.25, 0.3) is 0 Å². The van der Waals surface area contributed by atoms with Crippen molar-refractivity contribution in [2.75, 3.05) is 43.4 Å². The van der Waals surface area contributed by atoms with Gasteiger partial charge in [-0.05, 0) is 25.5 Å². The highest BCUT2D eigenvalue weighted by Crippen LogP contribution is 2.35. The molecule has 1 aromatic carbocycles. The lowest BCUT2D eigenvalue weighted by Crippen LogP contribution is -2.33. The van der Waals surface area contributed by atoms with Crippen molar-refractivity contribution in [2.45, 2.75) is 19.4 Å². The van der Waals surface area contributed by atoms with Crippen molar-refractivity contribution in [2.24, 2.45) is 0 Å². The molecule has 1 saturated heterocycles. The van der Waals surface area contributed by atoms with Crippen LogP contribution in [0.4, 0.5) is 11.4 Å². The van der Waals surface area contributed by atoms with Crippen molar-refractivity contribution in [3.05, 3.63) is 17.7 Å². The number of esters is 1. The fourth-order valence-corrected chi connectivity index (χ4v) is 2.29. The van der Waals surface area contributed by atoms with Crippen molar-refractivity contribution in [1.82, 2.24) is 0 Å². The maximum Gasteiger partial charge on any atom is 0.338 e. The zero-order chi connectivity index (χ0) is 17.5. The molecule has 1 aliphatic rings. The molecular formula is C16H21ClN2O5. The second-order valence-corrected chi connectivity index (χ2v) is 5.43. The number of anilines is 2. The normalized spacial score (nSPS) is 16.0. The lowest BCUT2D eigenvalue weighted by molar-refractivity contribution is -0.113. The third-order valence-electron chi connectivity index (χ3n) is 3.53. The van der Waals surface area contributed by atoms with Crippen LogP contribution in [0.2, 0.25) is 0 Å². The van der Waals surface area contributed by atoms with Crippen LogP contribution in [0.5, 0.6) is 5.75 Å². The van der Waals surface area contributed by atoms with Crippen molar-refractivity contribution < 1.29 is 23.8 Å². The molecule has 2 N–H and O–H groups in total. The van der Waals surface area contributed by atoms with E-state index in [0.29, 0.717) is 29.2 Å². The van der Waals surface area contributed by atoms with E-state index in [1.165, 1.54) is 13.2 Å². The molecule has 132 valence electrons. The quantitative estimate of drug-likeness (QED) is 0.549. The lowest BCUT2D eigenvalue weighted by atomic mass is 10.1. The first-order valence-corrected chi connectivity index (χ1v) is 8.22. The fraction of sp³-hybridized carbons (Fsp3) is 0.500. The Kier molecular flexibility index (Phi) is 6.69. The van der Waals surface area contributed by atoms with Gasteiger partial charge in [0, 0.05) is 13.2 Å². The van der Waals surface area contributed by atoms with Crippen LogP contribution in [0.15, 0.2) is 12.1 Å². The lowest BCUT2D eigenvalue weighted by Gasteiger charge is -2.27. The fourth-order valence-electron chi connectivity index (χ4n) is 2.22. The molecule has 1 atom stereocenters. The standard InChI is InChI=1S/C16H21ClN2O5/c1-3-23-16(21)10-6-12(18-9-11-4-5-24-11)15(13(7-10)22-2)19-14(20)8-17/h6-7,11,18H,3-5,8-9H2,1-2H3,(H,19,20)/t11-/m0/s1. The molecule has 2 rings (SSSR count). The van der Waals surface area contributed by atoms with Gasteiger partial charge in [0.05, 0.1) is 31.1 Å². The molecule has 1 heterocycles. The molecule has 7 nitrogen and oxygen atoms in total. The van der Waals surface area contributed by atoms with Crippen molar-refractivity contribution in [1.29, 1.82) is 0 Å². The van der Waals surface area contributed by atoms with E-state index in [9.17, 15) is 9.59 Å². The Hall–Kier alpha value is -1.99. The maximum atomic E-state index is 12.0. The number of carbonyl (C=O) groups excluding carboxylic acids is 2. The van der Waals surface area contributed by atoms with Crippen molar-refractivity contribution >= 4 is 34.9 Å². The van der Waals surface area contributed by atoms with Gasteiger partial charge in [0.15, 0.2) is 0 Å². The molecule has 0 unspecified atom stereocenters. The molecule has 24 heavy (non-hydrogen) atoms. The number of hydrogen-bond donors (Lipinski definition) is 2. The van der Waals surface area contributed by atoms with Crippen LogP contribution in [0.3, 0.4) is 0 Å². The summed E-state index contributed by atoms with van der Waals surface area (Å²) in [6.07, 6.45) is 1.07. The predicted octanol–water partition coefficient (Wildman–Crippen LogP) is 2.25. The minimum atomic E-state index is -0.464. The zero-order valence-corrected chi connectivity index (χ0v) is 14.4. The van der Waals surface area contributed by atoms with Gasteiger partial charge in [-0.15, -0.1) is 11.6 Å². The molecule has 0 aliphatic carbocycles. The van der Waals surface area contributed by atoms with Crippen LogP contribution in [-0.2, 0) is 14.3 Å². The van der Waals surface area contributed by atoms with Crippen LogP contribution in [-0.4, -0.2) is 50.7 Å². The molecule has 1 fully saturated rings. The molecule has 0 aromatic heterocycles. The van der Waals surface area contributed by atoms with Crippen LogP contribution < -0.4 is 15.4 Å². The number of halogens is 1. The molecule has 1 aliphatic heterocycles. The monoisotopic (exact) mass is 356 g/mol. The number of nitrogens with one attached hydrogen (secondary N) is 2. The van der Waals surface area contributed by atoms with E-state index in [4.69, 9.17) is 25.8 Å². The first-order chi connectivity index (χ1) is 11.6. The predicted molar refractivity (Wildman–Crippen MR) is 91.1 cm³/mol. The number of ether oxygens (including phenoxy) is 3. The van der Waals surface area contributed by atoms with E-state index >= 15 is 0 Å². The largest absolute Gasteiger partial charge is 0.494 e. The summed E-state index contributed by atoms with van der Waals surface area (Å²) in [5.41, 5.74) is 1.30. The number of hydrogen-bond acceptors (Lipinski definition) is 6. The molecular weight excluding hydrogens is 336 g/mol. The minimum absolute atomic E-state index is 0.110. The Morgan fingerprint density at radius 1 is 1.42 bits per heavy atom. The Morgan fingerprint density at radius 3 is 2.71 bits per heavy atom. The number of carbonyl (C=O) groups is 2. The number of alkyl halides is 1. The number of methoxy groups -OCH3 is 1. The summed E-state index contributed by atoms with van der Waals surface area (Å²) in [7, 11) is 1.46. The molecule has 1 aromatic rings. The maximum absolute atomic E-state index is 12.0. The number of amides is 1. The van der Waals surface area contributed by atoms with Gasteiger partial charge in [0.2, 0.25) is 5.91 Å². The van der Waals surface area contributed by atoms with E-state index < -0.39 is 5.97 Å². The summed E-state index contributed by atoms with van der Waals surface area (Å²) in [5.74, 6) is -0.680. The van der Waals surface area contributed by atoms with E-state index in [1.807, 2.05) is 0 Å². The summed E-state index contributed by atoms with van der Waals surface area (Å²) >= 11 is 5.56. The smallest absolute Gasteiger partial charge is 0.338 e. The second-order valence-electron chi connectivity index (χ2n) is 5.17. The van der Waals surface area contributed by atoms with Crippen LogP contribution in [0, 0.1) is 0 Å². The highest BCUT2D eigenvalue weighted by atomic mass is 35.5. The Labute approximate surface area is 145 Å². The van der Waals surface area contributed by atoms with Crippen LogP contribution in [0.1, 0.15) is 23.7 Å². The van der Waals surface area contributed by atoms with E-state index in [-0.39, 0.29) is 24.5 Å². The molecule has 0 saturated carbocycles. The summed E-state index contributed by atoms with van der Waals surface area (Å²) in [5, 5.41) is 5.87. The topological polar surface area (TPSA) is 85.9 Å². The highest BCUT2D eigenvalue weighted by Gasteiger charge is 2.21. The first-order valence-electron chi connectivity index (χ1n) is 7.69. The average Bonchev–Trinajstić information content (AvgIpc) is 2.54. The third kappa shape index (κ3) is 4.52.